The molecular weight excluding hydrogens is 532 g/mol. The number of nitrogens with zero attached hydrogens (tertiary/aromatic N) is 3. The number of amides is 1. The predicted octanol–water partition coefficient (Wildman–Crippen LogP) is 6.52. The number of carbonyl (C=O) groups excluding carboxylic acids is 1. The van der Waals surface area contributed by atoms with Crippen LogP contribution >= 0.6 is 38.6 Å². The summed E-state index contributed by atoms with van der Waals surface area (Å²) in [5, 5.41) is 5.76. The Labute approximate surface area is 212 Å². The molecule has 0 saturated carbocycles. The number of halogens is 1. The summed E-state index contributed by atoms with van der Waals surface area (Å²) in [7, 11) is 0. The van der Waals surface area contributed by atoms with Crippen LogP contribution in [0.5, 0.6) is 0 Å². The molecule has 9 heteroatoms. The minimum Gasteiger partial charge on any atom is -0.300 e. The van der Waals surface area contributed by atoms with Gasteiger partial charge in [0.25, 0.3) is 5.56 Å². The molecule has 0 saturated heterocycles. The largest absolute Gasteiger partial charge is 0.300 e. The number of aromatic nitrogens is 3. The molecule has 6 nitrogen and oxygen atoms in total. The van der Waals surface area contributed by atoms with E-state index in [-0.39, 0.29) is 11.5 Å². The minimum atomic E-state index is -0.758. The number of carbonyl (C=O) groups is 1. The third-order valence-electron chi connectivity index (χ3n) is 5.55. The molecule has 34 heavy (non-hydrogen) atoms. The fourth-order valence-electron chi connectivity index (χ4n) is 3.76. The fourth-order valence-corrected chi connectivity index (χ4v) is 5.75. The molecule has 0 spiro atoms. The van der Waals surface area contributed by atoms with E-state index in [2.05, 4.69) is 31.2 Å². The van der Waals surface area contributed by atoms with E-state index in [1.807, 2.05) is 66.9 Å². The molecule has 0 aliphatic carbocycles. The molecule has 1 N–H and O–H groups in total. The zero-order valence-corrected chi connectivity index (χ0v) is 21.5. The van der Waals surface area contributed by atoms with Gasteiger partial charge >= 0.3 is 0 Å². The number of nitrogens with one attached hydrogen (secondary N) is 1. The first kappa shape index (κ1) is 22.6. The Balaban J connectivity index is 1.46. The van der Waals surface area contributed by atoms with E-state index in [1.54, 1.807) is 6.92 Å². The van der Waals surface area contributed by atoms with E-state index in [1.165, 1.54) is 33.6 Å². The maximum Gasteiger partial charge on any atom is 0.263 e. The van der Waals surface area contributed by atoms with Crippen LogP contribution in [0, 0.1) is 6.92 Å². The van der Waals surface area contributed by atoms with Gasteiger partial charge in [-0.3, -0.25) is 14.2 Å². The Morgan fingerprint density at radius 2 is 1.82 bits per heavy atom. The van der Waals surface area contributed by atoms with Gasteiger partial charge in [0.1, 0.15) is 10.9 Å². The van der Waals surface area contributed by atoms with E-state index >= 15 is 0 Å². The molecule has 2 aromatic carbocycles. The van der Waals surface area contributed by atoms with Crippen molar-refractivity contribution in [3.63, 3.8) is 0 Å². The lowest BCUT2D eigenvalue weighted by atomic mass is 10.0. The van der Waals surface area contributed by atoms with Crippen molar-refractivity contribution in [3.8, 4) is 22.4 Å². The van der Waals surface area contributed by atoms with Crippen LogP contribution in [0.15, 0.2) is 75.6 Å². The van der Waals surface area contributed by atoms with Crippen molar-refractivity contribution >= 4 is 59.9 Å². The Morgan fingerprint density at radius 3 is 2.56 bits per heavy atom. The van der Waals surface area contributed by atoms with Crippen molar-refractivity contribution in [1.82, 2.24) is 14.5 Å². The Hall–Kier alpha value is -3.14. The van der Waals surface area contributed by atoms with Gasteiger partial charge in [-0.2, -0.15) is 0 Å². The van der Waals surface area contributed by atoms with Crippen LogP contribution in [-0.2, 0) is 4.79 Å². The molecule has 3 heterocycles. The van der Waals surface area contributed by atoms with Gasteiger partial charge in [0.15, 0.2) is 5.13 Å². The summed E-state index contributed by atoms with van der Waals surface area (Å²) >= 11 is 6.28. The Morgan fingerprint density at radius 1 is 1.09 bits per heavy atom. The van der Waals surface area contributed by atoms with Gasteiger partial charge in [-0.05, 0) is 31.5 Å². The summed E-state index contributed by atoms with van der Waals surface area (Å²) < 4.78 is 2.35. The maximum atomic E-state index is 13.5. The van der Waals surface area contributed by atoms with Crippen LogP contribution in [0.3, 0.4) is 0 Å². The predicted molar refractivity (Wildman–Crippen MR) is 143 cm³/mol. The number of fused-ring (bicyclic) bond motifs is 1. The summed E-state index contributed by atoms with van der Waals surface area (Å²) in [6.45, 7) is 3.67. The lowest BCUT2D eigenvalue weighted by Gasteiger charge is -2.14. The molecule has 1 amide bonds. The van der Waals surface area contributed by atoms with E-state index in [4.69, 9.17) is 0 Å². The number of benzene rings is 2. The van der Waals surface area contributed by atoms with E-state index in [0.29, 0.717) is 15.3 Å². The van der Waals surface area contributed by atoms with Crippen molar-refractivity contribution in [1.29, 1.82) is 0 Å². The molecule has 0 fully saturated rings. The van der Waals surface area contributed by atoms with Gasteiger partial charge in [0, 0.05) is 25.9 Å². The molecule has 170 valence electrons. The highest BCUT2D eigenvalue weighted by Gasteiger charge is 2.22. The maximum absolute atomic E-state index is 13.5. The van der Waals surface area contributed by atoms with Crippen LogP contribution in [-0.4, -0.2) is 20.4 Å². The molecule has 0 aliphatic rings. The number of hydrogen-bond donors (Lipinski definition) is 1. The summed E-state index contributed by atoms with van der Waals surface area (Å²) in [6, 6.07) is 16.8. The third kappa shape index (κ3) is 4.22. The van der Waals surface area contributed by atoms with Crippen LogP contribution in [0.25, 0.3) is 32.6 Å². The summed E-state index contributed by atoms with van der Waals surface area (Å²) in [5.41, 5.74) is 3.34. The van der Waals surface area contributed by atoms with Gasteiger partial charge in [0.05, 0.1) is 17.4 Å². The normalized spacial score (nSPS) is 12.1. The fraction of sp³-hybridized carbons (Fsp3) is 0.120. The average Bonchev–Trinajstić information content (AvgIpc) is 3.44. The zero-order valence-electron chi connectivity index (χ0n) is 18.3. The van der Waals surface area contributed by atoms with E-state index in [0.717, 1.165) is 31.7 Å². The van der Waals surface area contributed by atoms with Crippen LogP contribution in [0.4, 0.5) is 5.13 Å². The minimum absolute atomic E-state index is 0.237. The second-order valence-electron chi connectivity index (χ2n) is 7.75. The molecule has 0 aliphatic heterocycles. The Bertz CT molecular complexity index is 1560. The zero-order chi connectivity index (χ0) is 23.8. The molecule has 3 aromatic heterocycles. The first-order valence-electron chi connectivity index (χ1n) is 10.5. The highest BCUT2D eigenvalue weighted by atomic mass is 79.9. The topological polar surface area (TPSA) is 76.9 Å². The van der Waals surface area contributed by atoms with Gasteiger partial charge in [-0.15, -0.1) is 22.7 Å². The van der Waals surface area contributed by atoms with E-state index in [9.17, 15) is 9.59 Å². The molecule has 1 atom stereocenters. The number of thiazole rings is 1. The van der Waals surface area contributed by atoms with Crippen LogP contribution in [0.2, 0.25) is 0 Å². The molecule has 1 unspecified atom stereocenters. The van der Waals surface area contributed by atoms with Crippen molar-refractivity contribution < 1.29 is 4.79 Å². The van der Waals surface area contributed by atoms with Crippen molar-refractivity contribution in [2.24, 2.45) is 0 Å². The first-order valence-corrected chi connectivity index (χ1v) is 13.0. The number of thiophene rings is 1. The van der Waals surface area contributed by atoms with Crippen LogP contribution < -0.4 is 10.9 Å². The third-order valence-corrected chi connectivity index (χ3v) is 7.85. The number of hydrogen-bond acceptors (Lipinski definition) is 6. The molecule has 5 aromatic rings. The number of anilines is 1. The molecular formula is C25H19BrN4O2S2. The summed E-state index contributed by atoms with van der Waals surface area (Å²) in [5.74, 6) is -0.325. The highest BCUT2D eigenvalue weighted by Crippen LogP contribution is 2.36. The average molecular weight is 551 g/mol. The summed E-state index contributed by atoms with van der Waals surface area (Å²) in [6.07, 6.45) is 1.45. The number of rotatable bonds is 5. The molecule has 0 bridgehead atoms. The number of aryl methyl sites for hydroxylation is 1. The first-order chi connectivity index (χ1) is 16.4. The lowest BCUT2D eigenvalue weighted by molar-refractivity contribution is -0.118. The SMILES string of the molecule is Cc1sc2ncn(C(C)C(=O)Nc3nc(-c4ccccc4)cs3)c(=O)c2c1-c1ccc(Br)cc1. The Kier molecular flexibility index (Phi) is 6.16. The van der Waals surface area contributed by atoms with Gasteiger partial charge < -0.3 is 5.32 Å². The van der Waals surface area contributed by atoms with Gasteiger partial charge in [-0.25, -0.2) is 9.97 Å². The second kappa shape index (κ2) is 9.25. The monoisotopic (exact) mass is 550 g/mol. The highest BCUT2D eigenvalue weighted by molar-refractivity contribution is 9.10. The van der Waals surface area contributed by atoms with E-state index < -0.39 is 6.04 Å². The second-order valence-corrected chi connectivity index (χ2v) is 10.7. The molecule has 0 radical (unpaired) electrons. The van der Waals surface area contributed by atoms with Gasteiger partial charge in [0.2, 0.25) is 5.91 Å². The standard InChI is InChI=1S/C25H19BrN4O2S2/c1-14(22(31)29-25-28-19(12-33-25)16-6-4-3-5-7-16)30-13-27-23-21(24(30)32)20(15(2)34-23)17-8-10-18(26)11-9-17/h3-14H,1-2H3,(H,28,29,31). The lowest BCUT2D eigenvalue weighted by Crippen LogP contribution is -2.31. The van der Waals surface area contributed by atoms with Crippen molar-refractivity contribution in [2.75, 3.05) is 5.32 Å². The molecule has 5 rings (SSSR count). The smallest absolute Gasteiger partial charge is 0.263 e. The summed E-state index contributed by atoms with van der Waals surface area (Å²) in [4.78, 5) is 37.2. The van der Waals surface area contributed by atoms with Crippen molar-refractivity contribution in [2.45, 2.75) is 19.9 Å². The quantitative estimate of drug-likeness (QED) is 0.270. The van der Waals surface area contributed by atoms with Crippen molar-refractivity contribution in [3.05, 3.63) is 86.0 Å². The van der Waals surface area contributed by atoms with Gasteiger partial charge in [-0.1, -0.05) is 58.4 Å². The van der Waals surface area contributed by atoms with Crippen LogP contribution in [0.1, 0.15) is 17.8 Å².